The van der Waals surface area contributed by atoms with Gasteiger partial charge in [0.05, 0.1) is 11.7 Å². The highest BCUT2D eigenvalue weighted by molar-refractivity contribution is 5.90. The molecule has 6 atom stereocenters. The lowest BCUT2D eigenvalue weighted by molar-refractivity contribution is -0.202. The molecule has 1 aromatic carbocycles. The van der Waals surface area contributed by atoms with E-state index in [1.54, 1.807) is 54.9 Å². The summed E-state index contributed by atoms with van der Waals surface area (Å²) in [6.07, 6.45) is 5.35. The van der Waals surface area contributed by atoms with E-state index in [1.165, 1.54) is 6.92 Å². The molecule has 3 heterocycles. The maximum absolute atomic E-state index is 13.4. The molecule has 2 aliphatic rings. The summed E-state index contributed by atoms with van der Waals surface area (Å²) >= 11 is 0. The van der Waals surface area contributed by atoms with Gasteiger partial charge in [0.2, 0.25) is 0 Å². The van der Waals surface area contributed by atoms with Gasteiger partial charge in [-0.15, -0.1) is 0 Å². The van der Waals surface area contributed by atoms with Crippen molar-refractivity contribution >= 4 is 18.0 Å². The van der Waals surface area contributed by atoms with Crippen LogP contribution in [0.5, 0.6) is 5.75 Å². The molecular weight excluding hydrogens is 562 g/mol. The first kappa shape index (κ1) is 31.2. The monoisotopic (exact) mass is 601 g/mol. The Labute approximate surface area is 256 Å². The average Bonchev–Trinajstić information content (AvgIpc) is 3.00. The van der Waals surface area contributed by atoms with Crippen LogP contribution in [0.3, 0.4) is 0 Å². The third-order valence-corrected chi connectivity index (χ3v) is 9.26. The quantitative estimate of drug-likeness (QED) is 0.282. The van der Waals surface area contributed by atoms with Gasteiger partial charge in [-0.3, -0.25) is 9.78 Å². The highest BCUT2D eigenvalue weighted by atomic mass is 16.6. The molecule has 2 aromatic heterocycles. The second kappa shape index (κ2) is 12.4. The third-order valence-electron chi connectivity index (χ3n) is 9.26. The number of carbonyl (C=O) groups is 2. The standard InChI is InChI=1S/C35H39NO8/c1-6-22-10-8-11-23(18-22)32(39)43-28-14-16-34(4,15-13-25(7-2)41-21(3)37)31-30(38)29-27(44-35(28,31)5)19-26(42-33(29)40)24-12-9-17-36-20-24/h6,8-12,17-20,25,28,30-31,38H,1,7,13-16H2,2-5H3/t25?,28?,30-,31?,34-,35+/m0/s1. The molecule has 0 bridgehead atoms. The minimum Gasteiger partial charge on any atom is -0.482 e. The van der Waals surface area contributed by atoms with Gasteiger partial charge in [0.25, 0.3) is 0 Å². The number of carbonyl (C=O) groups excluding carboxylic acids is 2. The maximum atomic E-state index is 13.4. The molecule has 0 amide bonds. The van der Waals surface area contributed by atoms with E-state index >= 15 is 0 Å². The Morgan fingerprint density at radius 2 is 2.02 bits per heavy atom. The number of pyridine rings is 1. The number of rotatable bonds is 9. The Kier molecular flexibility index (Phi) is 8.79. The van der Waals surface area contributed by atoms with Crippen LogP contribution in [0.2, 0.25) is 0 Å². The molecule has 0 radical (unpaired) electrons. The number of esters is 2. The summed E-state index contributed by atoms with van der Waals surface area (Å²) in [5.41, 5.74) is -0.722. The lowest BCUT2D eigenvalue weighted by atomic mass is 9.54. The predicted molar refractivity (Wildman–Crippen MR) is 164 cm³/mol. The van der Waals surface area contributed by atoms with Crippen molar-refractivity contribution in [3.8, 4) is 17.1 Å². The van der Waals surface area contributed by atoms with Gasteiger partial charge in [0, 0.05) is 36.9 Å². The van der Waals surface area contributed by atoms with Crippen LogP contribution in [-0.2, 0) is 14.3 Å². The SMILES string of the molecule is C=Cc1cccc(C(=O)OC2CC[C@](C)(CCC(CC)OC(C)=O)C3[C@@H](O)c4c(cc(-c5cccnc5)oc4=O)O[C@]23C)c1. The second-order valence-electron chi connectivity index (χ2n) is 12.2. The molecule has 0 saturated heterocycles. The van der Waals surface area contributed by atoms with E-state index < -0.39 is 40.7 Å². The minimum absolute atomic E-state index is 0.0315. The van der Waals surface area contributed by atoms with E-state index in [1.807, 2.05) is 26.8 Å². The largest absolute Gasteiger partial charge is 0.482 e. The zero-order valence-electron chi connectivity index (χ0n) is 25.6. The number of nitrogens with zero attached hydrogens (tertiary/aromatic N) is 1. The van der Waals surface area contributed by atoms with Gasteiger partial charge in [-0.2, -0.15) is 0 Å². The highest BCUT2D eigenvalue weighted by Gasteiger charge is 2.62. The van der Waals surface area contributed by atoms with Gasteiger partial charge in [0.15, 0.2) is 0 Å². The number of fused-ring (bicyclic) bond motifs is 2. The summed E-state index contributed by atoms with van der Waals surface area (Å²) in [6.45, 7) is 11.0. The van der Waals surface area contributed by atoms with Gasteiger partial charge < -0.3 is 23.7 Å². The molecule has 1 fully saturated rings. The molecule has 3 aromatic rings. The van der Waals surface area contributed by atoms with Crippen molar-refractivity contribution in [2.45, 2.75) is 83.7 Å². The van der Waals surface area contributed by atoms with Crippen LogP contribution in [0, 0.1) is 11.3 Å². The molecule has 44 heavy (non-hydrogen) atoms. The fourth-order valence-corrected chi connectivity index (χ4v) is 7.02. The normalized spacial score (nSPS) is 26.3. The van der Waals surface area contributed by atoms with Gasteiger partial charge in [-0.25, -0.2) is 9.59 Å². The summed E-state index contributed by atoms with van der Waals surface area (Å²) in [5, 5.41) is 12.0. The van der Waals surface area contributed by atoms with E-state index in [0.29, 0.717) is 43.2 Å². The molecule has 5 rings (SSSR count). The Hall–Kier alpha value is -4.24. The number of aliphatic hydroxyl groups excluding tert-OH is 1. The summed E-state index contributed by atoms with van der Waals surface area (Å²) in [6, 6.07) is 12.1. The van der Waals surface area contributed by atoms with Crippen LogP contribution in [0.1, 0.15) is 87.4 Å². The molecule has 1 aliphatic carbocycles. The van der Waals surface area contributed by atoms with Crippen LogP contribution in [-0.4, -0.2) is 39.8 Å². The van der Waals surface area contributed by atoms with Crippen LogP contribution in [0.25, 0.3) is 17.4 Å². The fourth-order valence-electron chi connectivity index (χ4n) is 7.02. The first-order chi connectivity index (χ1) is 21.0. The van der Waals surface area contributed by atoms with Crippen LogP contribution >= 0.6 is 0 Å². The molecular formula is C35H39NO8. The van der Waals surface area contributed by atoms with Crippen molar-refractivity contribution in [3.05, 3.63) is 88.5 Å². The van der Waals surface area contributed by atoms with Crippen molar-refractivity contribution in [2.75, 3.05) is 0 Å². The average molecular weight is 602 g/mol. The summed E-state index contributed by atoms with van der Waals surface area (Å²) in [5.74, 6) is -1.10. The Morgan fingerprint density at radius 3 is 2.70 bits per heavy atom. The van der Waals surface area contributed by atoms with Crippen LogP contribution in [0.4, 0.5) is 0 Å². The lowest BCUT2D eigenvalue weighted by Gasteiger charge is -2.58. The van der Waals surface area contributed by atoms with E-state index in [0.717, 1.165) is 5.56 Å². The van der Waals surface area contributed by atoms with Gasteiger partial charge in [-0.1, -0.05) is 38.6 Å². The molecule has 232 valence electrons. The molecule has 1 N–H and O–H groups in total. The molecule has 1 aliphatic heterocycles. The summed E-state index contributed by atoms with van der Waals surface area (Å²) < 4.78 is 24.0. The third kappa shape index (κ3) is 5.93. The topological polar surface area (TPSA) is 125 Å². The molecule has 3 unspecified atom stereocenters. The predicted octanol–water partition coefficient (Wildman–Crippen LogP) is 6.29. The molecule has 9 nitrogen and oxygen atoms in total. The molecule has 0 spiro atoms. The van der Waals surface area contributed by atoms with Crippen molar-refractivity contribution in [2.24, 2.45) is 11.3 Å². The fraction of sp³-hybridized carbons (Fsp3) is 0.429. The van der Waals surface area contributed by atoms with Gasteiger partial charge in [0.1, 0.15) is 34.9 Å². The van der Waals surface area contributed by atoms with Crippen molar-refractivity contribution in [1.82, 2.24) is 4.98 Å². The summed E-state index contributed by atoms with van der Waals surface area (Å²) in [4.78, 5) is 42.7. The number of hydrogen-bond acceptors (Lipinski definition) is 9. The number of ether oxygens (including phenoxy) is 3. The lowest BCUT2D eigenvalue weighted by Crippen LogP contribution is -2.64. The number of aliphatic hydroxyl groups is 1. The van der Waals surface area contributed by atoms with Crippen LogP contribution in [0.15, 0.2) is 70.6 Å². The Bertz CT molecular complexity index is 1600. The number of hydrogen-bond donors (Lipinski definition) is 1. The van der Waals surface area contributed by atoms with Crippen molar-refractivity contribution in [3.63, 3.8) is 0 Å². The van der Waals surface area contributed by atoms with Gasteiger partial charge in [-0.05, 0) is 74.3 Å². The van der Waals surface area contributed by atoms with E-state index in [2.05, 4.69) is 11.6 Å². The highest BCUT2D eigenvalue weighted by Crippen LogP contribution is 2.59. The first-order valence-corrected chi connectivity index (χ1v) is 15.0. The number of aromatic nitrogens is 1. The van der Waals surface area contributed by atoms with Crippen molar-refractivity contribution in [1.29, 1.82) is 0 Å². The minimum atomic E-state index is -1.27. The Balaban J connectivity index is 1.55. The number of benzene rings is 1. The molecule has 1 saturated carbocycles. The molecule has 9 heteroatoms. The smallest absolute Gasteiger partial charge is 0.345 e. The second-order valence-corrected chi connectivity index (χ2v) is 12.2. The van der Waals surface area contributed by atoms with Gasteiger partial charge >= 0.3 is 17.6 Å². The van der Waals surface area contributed by atoms with E-state index in [9.17, 15) is 19.5 Å². The zero-order valence-corrected chi connectivity index (χ0v) is 25.6. The zero-order chi connectivity index (χ0) is 31.6. The van der Waals surface area contributed by atoms with E-state index in [4.69, 9.17) is 18.6 Å². The van der Waals surface area contributed by atoms with Crippen molar-refractivity contribution < 1.29 is 33.3 Å². The Morgan fingerprint density at radius 1 is 1.23 bits per heavy atom. The maximum Gasteiger partial charge on any atom is 0.345 e. The summed E-state index contributed by atoms with van der Waals surface area (Å²) in [7, 11) is 0. The van der Waals surface area contributed by atoms with E-state index in [-0.39, 0.29) is 29.1 Å². The van der Waals surface area contributed by atoms with Crippen LogP contribution < -0.4 is 10.4 Å². The first-order valence-electron chi connectivity index (χ1n) is 15.0.